The first-order valence-corrected chi connectivity index (χ1v) is 9.86. The number of likely N-dealkylation sites (N-methyl/N-ethyl adjacent to an activating group) is 1. The fraction of sp³-hybridized carbons (Fsp3) is 0.348. The second-order valence-electron chi connectivity index (χ2n) is 7.83. The lowest BCUT2D eigenvalue weighted by atomic mass is 10.1. The van der Waals surface area contributed by atoms with Crippen LogP contribution in [0.3, 0.4) is 0 Å². The van der Waals surface area contributed by atoms with Crippen LogP contribution in [0.5, 0.6) is 0 Å². The van der Waals surface area contributed by atoms with Gasteiger partial charge in [0.15, 0.2) is 0 Å². The van der Waals surface area contributed by atoms with E-state index in [4.69, 9.17) is 4.74 Å². The van der Waals surface area contributed by atoms with Crippen molar-refractivity contribution in [1.82, 2.24) is 5.32 Å². The summed E-state index contributed by atoms with van der Waals surface area (Å²) in [5.74, 6) is -0.358. The third-order valence-electron chi connectivity index (χ3n) is 5.25. The fourth-order valence-electron chi connectivity index (χ4n) is 3.38. The van der Waals surface area contributed by atoms with E-state index in [1.165, 1.54) is 29.8 Å². The van der Waals surface area contributed by atoms with Gasteiger partial charge >= 0.3 is 6.18 Å². The Bertz CT molecular complexity index is 892. The molecule has 0 radical (unpaired) electrons. The molecule has 1 N–H and O–H groups in total. The number of quaternary nitrogens is 1. The molecule has 2 aromatic rings. The van der Waals surface area contributed by atoms with E-state index < -0.39 is 11.7 Å². The molecule has 0 saturated carbocycles. The van der Waals surface area contributed by atoms with Crippen molar-refractivity contribution in [2.45, 2.75) is 19.3 Å². The van der Waals surface area contributed by atoms with Crippen molar-refractivity contribution < 1.29 is 51.2 Å². The Labute approximate surface area is 197 Å². The molecule has 168 valence electrons. The zero-order valence-electron chi connectivity index (χ0n) is 17.3. The minimum Gasteiger partial charge on any atom is -1.00 e. The molecule has 0 spiro atoms. The number of benzene rings is 2. The molecular formula is C23H26F3IN2O2. The van der Waals surface area contributed by atoms with Gasteiger partial charge in [-0.25, -0.2) is 0 Å². The van der Waals surface area contributed by atoms with Crippen molar-refractivity contribution in [2.24, 2.45) is 0 Å². The first-order valence-electron chi connectivity index (χ1n) is 9.86. The standard InChI is InChI=1S/C23H25F3N2O2.HI/c1-28(11-13-30-14-12-28)17-20-7-5-19(6-8-20)16-27-22(29)10-9-18-3-2-4-21(15-18)23(24,25)26;/h2-10,15H,11-14,16-17H2,1H3;1H. The minimum absolute atomic E-state index is 0. The van der Waals surface area contributed by atoms with Gasteiger partial charge in [0, 0.05) is 18.2 Å². The highest BCUT2D eigenvalue weighted by Gasteiger charge is 2.30. The SMILES string of the molecule is C[N+]1(Cc2ccc(CNC(=O)C=Cc3cccc(C(F)(F)F)c3)cc2)CCOCC1.[I-]. The number of carbonyl (C=O) groups is 1. The predicted molar refractivity (Wildman–Crippen MR) is 109 cm³/mol. The number of alkyl halides is 3. The molecule has 3 rings (SSSR count). The smallest absolute Gasteiger partial charge is 0.416 e. The molecule has 8 heteroatoms. The van der Waals surface area contributed by atoms with Crippen molar-refractivity contribution in [2.75, 3.05) is 33.4 Å². The molecule has 0 aromatic heterocycles. The van der Waals surface area contributed by atoms with Crippen molar-refractivity contribution in [1.29, 1.82) is 0 Å². The van der Waals surface area contributed by atoms with Gasteiger partial charge in [0.05, 0.1) is 25.8 Å². The van der Waals surface area contributed by atoms with Crippen LogP contribution in [0.4, 0.5) is 13.2 Å². The number of hydrogen-bond donors (Lipinski definition) is 1. The summed E-state index contributed by atoms with van der Waals surface area (Å²) < 4.78 is 44.6. The Morgan fingerprint density at radius 3 is 2.39 bits per heavy atom. The van der Waals surface area contributed by atoms with Gasteiger partial charge in [-0.1, -0.05) is 36.4 Å². The Morgan fingerprint density at radius 1 is 1.10 bits per heavy atom. The maximum atomic E-state index is 12.7. The van der Waals surface area contributed by atoms with Crippen LogP contribution in [0.15, 0.2) is 54.6 Å². The number of carbonyl (C=O) groups excluding carboxylic acids is 1. The van der Waals surface area contributed by atoms with Gasteiger partial charge in [-0.2, -0.15) is 13.2 Å². The van der Waals surface area contributed by atoms with Gasteiger partial charge in [-0.05, 0) is 29.3 Å². The van der Waals surface area contributed by atoms with Crippen LogP contribution >= 0.6 is 0 Å². The molecule has 2 aromatic carbocycles. The Morgan fingerprint density at radius 2 is 1.74 bits per heavy atom. The van der Waals surface area contributed by atoms with E-state index in [1.807, 2.05) is 12.1 Å². The minimum atomic E-state index is -4.40. The topological polar surface area (TPSA) is 38.3 Å². The molecular weight excluding hydrogens is 520 g/mol. The molecule has 1 saturated heterocycles. The summed E-state index contributed by atoms with van der Waals surface area (Å²) in [6.07, 6.45) is -1.78. The average molecular weight is 546 g/mol. The molecule has 0 unspecified atom stereocenters. The lowest BCUT2D eigenvalue weighted by Crippen LogP contribution is -3.00. The highest BCUT2D eigenvalue weighted by atomic mass is 127. The van der Waals surface area contributed by atoms with Gasteiger partial charge in [0.25, 0.3) is 0 Å². The Kier molecular flexibility index (Phi) is 9.08. The Balaban J connectivity index is 0.00000341. The zero-order chi connectivity index (χ0) is 21.6. The lowest BCUT2D eigenvalue weighted by Gasteiger charge is -2.37. The van der Waals surface area contributed by atoms with Crippen molar-refractivity contribution in [3.8, 4) is 0 Å². The third-order valence-corrected chi connectivity index (χ3v) is 5.25. The highest BCUT2D eigenvalue weighted by Crippen LogP contribution is 2.29. The number of amides is 1. The van der Waals surface area contributed by atoms with E-state index in [-0.39, 0.29) is 29.9 Å². The molecule has 1 aliphatic heterocycles. The summed E-state index contributed by atoms with van der Waals surface area (Å²) in [6, 6.07) is 13.0. The van der Waals surface area contributed by atoms with Gasteiger partial charge < -0.3 is 38.5 Å². The second kappa shape index (κ2) is 11.1. The van der Waals surface area contributed by atoms with Crippen LogP contribution in [0, 0.1) is 0 Å². The van der Waals surface area contributed by atoms with Crippen molar-refractivity contribution in [3.63, 3.8) is 0 Å². The predicted octanol–water partition coefficient (Wildman–Crippen LogP) is 1.02. The third kappa shape index (κ3) is 7.93. The maximum absolute atomic E-state index is 12.7. The molecule has 1 aliphatic rings. The molecule has 1 fully saturated rings. The largest absolute Gasteiger partial charge is 1.00 e. The fourth-order valence-corrected chi connectivity index (χ4v) is 3.38. The van der Waals surface area contributed by atoms with Crippen LogP contribution in [0.1, 0.15) is 22.3 Å². The molecule has 0 aliphatic carbocycles. The number of nitrogens with one attached hydrogen (secondary N) is 1. The van der Waals surface area contributed by atoms with Gasteiger partial charge in [0.2, 0.25) is 5.91 Å². The summed E-state index contributed by atoms with van der Waals surface area (Å²) in [5.41, 5.74) is 1.78. The van der Waals surface area contributed by atoms with Crippen LogP contribution in [0.2, 0.25) is 0 Å². The van der Waals surface area contributed by atoms with E-state index >= 15 is 0 Å². The number of ether oxygens (including phenoxy) is 1. The number of rotatable bonds is 6. The summed E-state index contributed by atoms with van der Waals surface area (Å²) in [4.78, 5) is 12.0. The van der Waals surface area contributed by atoms with Crippen LogP contribution in [0.25, 0.3) is 6.08 Å². The van der Waals surface area contributed by atoms with Crippen molar-refractivity contribution >= 4 is 12.0 Å². The number of hydrogen-bond acceptors (Lipinski definition) is 2. The molecule has 31 heavy (non-hydrogen) atoms. The Hall–Kier alpha value is -1.91. The monoisotopic (exact) mass is 546 g/mol. The van der Waals surface area contributed by atoms with E-state index in [2.05, 4.69) is 24.5 Å². The second-order valence-corrected chi connectivity index (χ2v) is 7.83. The highest BCUT2D eigenvalue weighted by molar-refractivity contribution is 5.91. The summed E-state index contributed by atoms with van der Waals surface area (Å²) in [7, 11) is 2.23. The van der Waals surface area contributed by atoms with Gasteiger partial charge in [0.1, 0.15) is 19.6 Å². The number of nitrogens with zero attached hydrogens (tertiary/aromatic N) is 1. The van der Waals surface area contributed by atoms with Crippen LogP contribution in [-0.2, 0) is 28.8 Å². The first kappa shape index (κ1) is 25.4. The molecule has 0 bridgehead atoms. The summed E-state index contributed by atoms with van der Waals surface area (Å²) in [6.45, 7) is 4.86. The van der Waals surface area contributed by atoms with E-state index in [1.54, 1.807) is 0 Å². The van der Waals surface area contributed by atoms with E-state index in [0.29, 0.717) is 12.1 Å². The zero-order valence-corrected chi connectivity index (χ0v) is 19.4. The molecule has 4 nitrogen and oxygen atoms in total. The first-order chi connectivity index (χ1) is 14.2. The van der Waals surface area contributed by atoms with Crippen LogP contribution < -0.4 is 29.3 Å². The average Bonchev–Trinajstić information content (AvgIpc) is 2.71. The normalized spacial score (nSPS) is 16.0. The lowest BCUT2D eigenvalue weighted by molar-refractivity contribution is -0.929. The van der Waals surface area contributed by atoms with Gasteiger partial charge in [-0.15, -0.1) is 0 Å². The summed E-state index contributed by atoms with van der Waals surface area (Å²) >= 11 is 0. The molecule has 0 atom stereocenters. The maximum Gasteiger partial charge on any atom is 0.416 e. The van der Waals surface area contributed by atoms with Crippen molar-refractivity contribution in [3.05, 3.63) is 76.9 Å². The summed E-state index contributed by atoms with van der Waals surface area (Å²) in [5, 5.41) is 2.75. The number of morpholine rings is 1. The molecule has 1 amide bonds. The number of halogens is 4. The van der Waals surface area contributed by atoms with Gasteiger partial charge in [-0.3, -0.25) is 4.79 Å². The molecule has 1 heterocycles. The van der Waals surface area contributed by atoms with E-state index in [0.717, 1.165) is 55.0 Å². The quantitative estimate of drug-likeness (QED) is 0.334. The van der Waals surface area contributed by atoms with Crippen LogP contribution in [-0.4, -0.2) is 43.7 Å². The van der Waals surface area contributed by atoms with E-state index in [9.17, 15) is 18.0 Å².